The summed E-state index contributed by atoms with van der Waals surface area (Å²) in [6.45, 7) is 3.64. The van der Waals surface area contributed by atoms with E-state index in [1.165, 1.54) is 0 Å². The number of carbonyl (C=O) groups is 1. The van der Waals surface area contributed by atoms with Crippen LogP contribution in [0.15, 0.2) is 36.9 Å². The van der Waals surface area contributed by atoms with E-state index >= 15 is 0 Å². The van der Waals surface area contributed by atoms with Crippen molar-refractivity contribution in [3.8, 4) is 11.5 Å². The summed E-state index contributed by atoms with van der Waals surface area (Å²) in [5, 5.41) is 0. The maximum absolute atomic E-state index is 10.7. The zero-order valence-electron chi connectivity index (χ0n) is 10.8. The number of ether oxygens (including phenoxy) is 2. The summed E-state index contributed by atoms with van der Waals surface area (Å²) < 4.78 is 13.1. The third-order valence-electron chi connectivity index (χ3n) is 2.57. The van der Waals surface area contributed by atoms with Crippen molar-refractivity contribution in [2.45, 2.75) is 13.5 Å². The first kappa shape index (κ1) is 13.1. The van der Waals surface area contributed by atoms with Crippen LogP contribution in [0.25, 0.3) is 0 Å². The van der Waals surface area contributed by atoms with Crippen LogP contribution in [0.2, 0.25) is 0 Å². The van der Waals surface area contributed by atoms with E-state index in [4.69, 9.17) is 9.47 Å². The average molecular weight is 260 g/mol. The largest absolute Gasteiger partial charge is 0.490 e. The van der Waals surface area contributed by atoms with Gasteiger partial charge in [0, 0.05) is 18.0 Å². The van der Waals surface area contributed by atoms with Crippen molar-refractivity contribution < 1.29 is 14.3 Å². The second-order valence-electron chi connectivity index (χ2n) is 3.91. The van der Waals surface area contributed by atoms with Gasteiger partial charge in [-0.15, -0.1) is 0 Å². The van der Waals surface area contributed by atoms with Gasteiger partial charge >= 0.3 is 0 Å². The summed E-state index contributed by atoms with van der Waals surface area (Å²) in [6.07, 6.45) is 6.13. The molecule has 5 heteroatoms. The quantitative estimate of drug-likeness (QED) is 0.716. The van der Waals surface area contributed by atoms with Crippen LogP contribution in [0.3, 0.4) is 0 Å². The molecule has 0 saturated heterocycles. The van der Waals surface area contributed by atoms with E-state index in [1.807, 2.05) is 17.7 Å². The molecule has 5 nitrogen and oxygen atoms in total. The molecular weight excluding hydrogens is 244 g/mol. The van der Waals surface area contributed by atoms with Crippen LogP contribution < -0.4 is 9.47 Å². The van der Waals surface area contributed by atoms with Crippen molar-refractivity contribution in [1.29, 1.82) is 0 Å². The molecule has 1 aromatic heterocycles. The molecule has 0 bridgehead atoms. The van der Waals surface area contributed by atoms with Gasteiger partial charge in [-0.05, 0) is 25.1 Å². The van der Waals surface area contributed by atoms with Crippen LogP contribution in [-0.2, 0) is 6.54 Å². The molecule has 0 spiro atoms. The van der Waals surface area contributed by atoms with Gasteiger partial charge in [-0.2, -0.15) is 0 Å². The first-order chi connectivity index (χ1) is 9.33. The highest BCUT2D eigenvalue weighted by atomic mass is 16.5. The fourth-order valence-electron chi connectivity index (χ4n) is 1.67. The fraction of sp³-hybridized carbons (Fsp3) is 0.286. The van der Waals surface area contributed by atoms with Gasteiger partial charge in [0.1, 0.15) is 12.9 Å². The molecule has 0 radical (unpaired) electrons. The Labute approximate surface area is 111 Å². The van der Waals surface area contributed by atoms with E-state index in [-0.39, 0.29) is 0 Å². The zero-order chi connectivity index (χ0) is 13.5. The van der Waals surface area contributed by atoms with E-state index in [9.17, 15) is 4.79 Å². The van der Waals surface area contributed by atoms with E-state index in [0.717, 1.165) is 6.29 Å². The van der Waals surface area contributed by atoms with E-state index in [1.54, 1.807) is 30.7 Å². The van der Waals surface area contributed by atoms with Gasteiger partial charge in [-0.1, -0.05) is 0 Å². The minimum absolute atomic E-state index is 0.511. The number of imidazole rings is 1. The van der Waals surface area contributed by atoms with Gasteiger partial charge in [0.2, 0.25) is 0 Å². The van der Waals surface area contributed by atoms with Crippen molar-refractivity contribution >= 4 is 6.29 Å². The van der Waals surface area contributed by atoms with Gasteiger partial charge in [0.25, 0.3) is 0 Å². The lowest BCUT2D eigenvalue weighted by molar-refractivity contribution is 0.112. The van der Waals surface area contributed by atoms with Crippen LogP contribution >= 0.6 is 0 Å². The predicted octanol–water partition coefficient (Wildman–Crippen LogP) is 2.17. The third-order valence-corrected chi connectivity index (χ3v) is 2.57. The summed E-state index contributed by atoms with van der Waals surface area (Å²) >= 11 is 0. The zero-order valence-corrected chi connectivity index (χ0v) is 10.8. The summed E-state index contributed by atoms with van der Waals surface area (Å²) in [6, 6.07) is 5.15. The van der Waals surface area contributed by atoms with Crippen LogP contribution in [0.4, 0.5) is 0 Å². The van der Waals surface area contributed by atoms with Crippen LogP contribution in [0.5, 0.6) is 11.5 Å². The molecule has 0 amide bonds. The molecule has 100 valence electrons. The molecule has 0 aliphatic heterocycles. The molecule has 2 aromatic rings. The number of aromatic nitrogens is 2. The maximum atomic E-state index is 10.7. The Balaban J connectivity index is 2.00. The number of rotatable bonds is 7. The minimum Gasteiger partial charge on any atom is -0.490 e. The highest BCUT2D eigenvalue weighted by Crippen LogP contribution is 2.28. The molecule has 1 heterocycles. The normalized spacial score (nSPS) is 10.2. The second-order valence-corrected chi connectivity index (χ2v) is 3.91. The first-order valence-electron chi connectivity index (χ1n) is 6.14. The van der Waals surface area contributed by atoms with Crippen molar-refractivity contribution in [1.82, 2.24) is 9.55 Å². The standard InChI is InChI=1S/C14H16N2O3/c1-2-18-14-9-12(10-17)3-4-13(14)19-8-7-16-6-5-15-11-16/h3-6,9-11H,2,7-8H2,1H3. The first-order valence-corrected chi connectivity index (χ1v) is 6.14. The number of aldehydes is 1. The summed E-state index contributed by atoms with van der Waals surface area (Å²) in [7, 11) is 0. The van der Waals surface area contributed by atoms with E-state index in [2.05, 4.69) is 4.98 Å². The average Bonchev–Trinajstić information content (AvgIpc) is 2.94. The Morgan fingerprint density at radius 2 is 2.21 bits per heavy atom. The highest BCUT2D eigenvalue weighted by Gasteiger charge is 2.06. The Morgan fingerprint density at radius 3 is 2.89 bits per heavy atom. The molecule has 1 aromatic carbocycles. The van der Waals surface area contributed by atoms with Gasteiger partial charge in [0.05, 0.1) is 19.5 Å². The Kier molecular flexibility index (Phi) is 4.55. The maximum Gasteiger partial charge on any atom is 0.161 e. The monoisotopic (exact) mass is 260 g/mol. The molecule has 0 aliphatic carbocycles. The lowest BCUT2D eigenvalue weighted by Gasteiger charge is -2.12. The van der Waals surface area contributed by atoms with Crippen LogP contribution in [0, 0.1) is 0 Å². The van der Waals surface area contributed by atoms with Crippen LogP contribution in [-0.4, -0.2) is 29.1 Å². The van der Waals surface area contributed by atoms with Gasteiger partial charge in [0.15, 0.2) is 11.5 Å². The lowest BCUT2D eigenvalue weighted by Crippen LogP contribution is -2.07. The highest BCUT2D eigenvalue weighted by molar-refractivity contribution is 5.76. The topological polar surface area (TPSA) is 53.4 Å². The van der Waals surface area contributed by atoms with Crippen molar-refractivity contribution in [2.24, 2.45) is 0 Å². The number of hydrogen-bond donors (Lipinski definition) is 0. The number of carbonyl (C=O) groups excluding carboxylic acids is 1. The second kappa shape index (κ2) is 6.58. The van der Waals surface area contributed by atoms with Gasteiger partial charge < -0.3 is 14.0 Å². The molecule has 0 aliphatic rings. The van der Waals surface area contributed by atoms with Crippen LogP contribution in [0.1, 0.15) is 17.3 Å². The smallest absolute Gasteiger partial charge is 0.161 e. The molecular formula is C14H16N2O3. The molecule has 0 saturated carbocycles. The van der Waals surface area contributed by atoms with E-state index < -0.39 is 0 Å². The molecule has 0 unspecified atom stereocenters. The fourth-order valence-corrected chi connectivity index (χ4v) is 1.67. The number of nitrogens with zero attached hydrogens (tertiary/aromatic N) is 2. The third kappa shape index (κ3) is 3.58. The van der Waals surface area contributed by atoms with Crippen molar-refractivity contribution in [2.75, 3.05) is 13.2 Å². The molecule has 0 atom stereocenters. The Bertz CT molecular complexity index is 523. The minimum atomic E-state index is 0.511. The molecule has 19 heavy (non-hydrogen) atoms. The summed E-state index contributed by atoms with van der Waals surface area (Å²) in [4.78, 5) is 14.7. The van der Waals surface area contributed by atoms with Gasteiger partial charge in [-0.25, -0.2) is 4.98 Å². The molecule has 2 rings (SSSR count). The van der Waals surface area contributed by atoms with Crippen molar-refractivity contribution in [3.63, 3.8) is 0 Å². The van der Waals surface area contributed by atoms with Crippen molar-refractivity contribution in [3.05, 3.63) is 42.5 Å². The van der Waals surface area contributed by atoms with E-state index in [0.29, 0.717) is 36.8 Å². The molecule has 0 fully saturated rings. The van der Waals surface area contributed by atoms with Gasteiger partial charge in [-0.3, -0.25) is 4.79 Å². The number of benzene rings is 1. The lowest BCUT2D eigenvalue weighted by atomic mass is 10.2. The Morgan fingerprint density at radius 1 is 1.32 bits per heavy atom. The summed E-state index contributed by atoms with van der Waals surface area (Å²) in [5.41, 5.74) is 0.574. The Hall–Kier alpha value is -2.30. The molecule has 0 N–H and O–H groups in total. The summed E-state index contributed by atoms with van der Waals surface area (Å²) in [5.74, 6) is 1.24. The SMILES string of the molecule is CCOc1cc(C=O)ccc1OCCn1ccnc1. The number of hydrogen-bond acceptors (Lipinski definition) is 4. The predicted molar refractivity (Wildman–Crippen MR) is 70.7 cm³/mol.